The van der Waals surface area contributed by atoms with E-state index in [-0.39, 0.29) is 5.82 Å². The lowest BCUT2D eigenvalue weighted by Gasteiger charge is -2.05. The standard InChI is InChI=1S/C11H8F2N2/c12-8-1-3-9(4-2-8)15-10-5-6-14-11(13)7-10/h1-7H,(H,14,15). The van der Waals surface area contributed by atoms with E-state index in [1.807, 2.05) is 0 Å². The monoisotopic (exact) mass is 206 g/mol. The van der Waals surface area contributed by atoms with Crippen LogP contribution < -0.4 is 5.32 Å². The van der Waals surface area contributed by atoms with Gasteiger partial charge in [-0.15, -0.1) is 0 Å². The Kier molecular flexibility index (Phi) is 2.58. The van der Waals surface area contributed by atoms with Crippen LogP contribution in [0.25, 0.3) is 0 Å². The van der Waals surface area contributed by atoms with E-state index in [1.165, 1.54) is 24.4 Å². The Morgan fingerprint density at radius 2 is 1.67 bits per heavy atom. The van der Waals surface area contributed by atoms with Crippen molar-refractivity contribution in [3.8, 4) is 0 Å². The van der Waals surface area contributed by atoms with Gasteiger partial charge in [-0.25, -0.2) is 9.37 Å². The summed E-state index contributed by atoms with van der Waals surface area (Å²) in [5.74, 6) is -0.858. The highest BCUT2D eigenvalue weighted by Gasteiger charge is 1.97. The number of nitrogens with zero attached hydrogens (tertiary/aromatic N) is 1. The first-order valence-corrected chi connectivity index (χ1v) is 4.38. The lowest BCUT2D eigenvalue weighted by molar-refractivity contribution is 0.584. The summed E-state index contributed by atoms with van der Waals surface area (Å²) in [5, 5.41) is 2.93. The summed E-state index contributed by atoms with van der Waals surface area (Å²) in [6.07, 6.45) is 1.36. The summed E-state index contributed by atoms with van der Waals surface area (Å²) in [6.45, 7) is 0. The summed E-state index contributed by atoms with van der Waals surface area (Å²) in [4.78, 5) is 3.43. The van der Waals surface area contributed by atoms with Gasteiger partial charge in [0.05, 0.1) is 0 Å². The first kappa shape index (κ1) is 9.58. The van der Waals surface area contributed by atoms with E-state index >= 15 is 0 Å². The van der Waals surface area contributed by atoms with Gasteiger partial charge in [-0.3, -0.25) is 0 Å². The molecular weight excluding hydrogens is 198 g/mol. The molecule has 0 radical (unpaired) electrons. The van der Waals surface area contributed by atoms with Crippen molar-refractivity contribution in [3.63, 3.8) is 0 Å². The summed E-state index contributed by atoms with van der Waals surface area (Å²) < 4.78 is 25.3. The molecule has 0 atom stereocenters. The smallest absolute Gasteiger partial charge is 0.214 e. The fraction of sp³-hybridized carbons (Fsp3) is 0. The Hall–Kier alpha value is -1.97. The van der Waals surface area contributed by atoms with Crippen molar-refractivity contribution in [3.05, 3.63) is 54.4 Å². The van der Waals surface area contributed by atoms with Crippen molar-refractivity contribution in [1.29, 1.82) is 0 Å². The first-order chi connectivity index (χ1) is 7.24. The van der Waals surface area contributed by atoms with Gasteiger partial charge in [-0.1, -0.05) is 0 Å². The number of hydrogen-bond donors (Lipinski definition) is 1. The molecule has 15 heavy (non-hydrogen) atoms. The maximum absolute atomic E-state index is 12.7. The zero-order valence-electron chi connectivity index (χ0n) is 7.74. The van der Waals surface area contributed by atoms with Gasteiger partial charge >= 0.3 is 0 Å². The third-order valence-electron chi connectivity index (χ3n) is 1.86. The molecule has 0 amide bonds. The van der Waals surface area contributed by atoms with Crippen LogP contribution in [0, 0.1) is 11.8 Å². The van der Waals surface area contributed by atoms with Crippen molar-refractivity contribution in [2.45, 2.75) is 0 Å². The lowest BCUT2D eigenvalue weighted by Crippen LogP contribution is -1.92. The summed E-state index contributed by atoms with van der Waals surface area (Å²) in [7, 11) is 0. The molecule has 76 valence electrons. The van der Waals surface area contributed by atoms with Crippen LogP contribution in [0.15, 0.2) is 42.6 Å². The van der Waals surface area contributed by atoms with E-state index in [2.05, 4.69) is 10.3 Å². The van der Waals surface area contributed by atoms with Crippen LogP contribution in [-0.4, -0.2) is 4.98 Å². The average molecular weight is 206 g/mol. The van der Waals surface area contributed by atoms with Gasteiger partial charge in [-0.2, -0.15) is 4.39 Å². The molecule has 2 rings (SSSR count). The van der Waals surface area contributed by atoms with Crippen molar-refractivity contribution in [1.82, 2.24) is 4.98 Å². The fourth-order valence-electron chi connectivity index (χ4n) is 1.18. The summed E-state index contributed by atoms with van der Waals surface area (Å²) in [5.41, 5.74) is 1.27. The predicted molar refractivity (Wildman–Crippen MR) is 53.9 cm³/mol. The number of halogens is 2. The highest BCUT2D eigenvalue weighted by Crippen LogP contribution is 2.16. The summed E-state index contributed by atoms with van der Waals surface area (Å²) in [6, 6.07) is 8.72. The van der Waals surface area contributed by atoms with Gasteiger partial charge in [0, 0.05) is 23.6 Å². The Morgan fingerprint density at radius 1 is 0.933 bits per heavy atom. The van der Waals surface area contributed by atoms with Crippen LogP contribution in [0.5, 0.6) is 0 Å². The number of nitrogens with one attached hydrogen (secondary N) is 1. The number of aromatic nitrogens is 1. The quantitative estimate of drug-likeness (QED) is 0.763. The lowest BCUT2D eigenvalue weighted by atomic mass is 10.3. The second-order valence-corrected chi connectivity index (χ2v) is 3.00. The molecule has 0 bridgehead atoms. The number of pyridine rings is 1. The molecule has 1 heterocycles. The zero-order valence-corrected chi connectivity index (χ0v) is 7.74. The second-order valence-electron chi connectivity index (χ2n) is 3.00. The molecule has 0 unspecified atom stereocenters. The Morgan fingerprint density at radius 3 is 2.33 bits per heavy atom. The zero-order chi connectivity index (χ0) is 10.7. The second kappa shape index (κ2) is 4.04. The van der Waals surface area contributed by atoms with E-state index in [4.69, 9.17) is 0 Å². The van der Waals surface area contributed by atoms with Crippen LogP contribution >= 0.6 is 0 Å². The van der Waals surface area contributed by atoms with Crippen LogP contribution in [0.3, 0.4) is 0 Å². The number of hydrogen-bond acceptors (Lipinski definition) is 2. The van der Waals surface area contributed by atoms with Crippen LogP contribution in [0.4, 0.5) is 20.2 Å². The van der Waals surface area contributed by atoms with E-state index in [1.54, 1.807) is 18.2 Å². The maximum atomic E-state index is 12.7. The predicted octanol–water partition coefficient (Wildman–Crippen LogP) is 3.10. The Labute approximate surface area is 85.6 Å². The molecule has 4 heteroatoms. The largest absolute Gasteiger partial charge is 0.355 e. The minimum atomic E-state index is -0.554. The molecule has 0 aliphatic rings. The van der Waals surface area contributed by atoms with Gasteiger partial charge in [0.15, 0.2) is 0 Å². The molecule has 1 N–H and O–H groups in total. The van der Waals surface area contributed by atoms with E-state index in [0.717, 1.165) is 0 Å². The van der Waals surface area contributed by atoms with Gasteiger partial charge < -0.3 is 5.32 Å². The molecule has 1 aromatic carbocycles. The molecule has 2 aromatic rings. The molecule has 0 saturated carbocycles. The first-order valence-electron chi connectivity index (χ1n) is 4.38. The molecule has 0 aliphatic carbocycles. The molecule has 0 aliphatic heterocycles. The van der Waals surface area contributed by atoms with Crippen molar-refractivity contribution in [2.24, 2.45) is 0 Å². The fourth-order valence-corrected chi connectivity index (χ4v) is 1.18. The van der Waals surface area contributed by atoms with Crippen LogP contribution in [0.2, 0.25) is 0 Å². The molecule has 0 saturated heterocycles. The van der Waals surface area contributed by atoms with Gasteiger partial charge in [0.25, 0.3) is 0 Å². The van der Waals surface area contributed by atoms with Gasteiger partial charge in [-0.05, 0) is 30.3 Å². The van der Waals surface area contributed by atoms with Gasteiger partial charge in [0.2, 0.25) is 5.95 Å². The molecule has 2 nitrogen and oxygen atoms in total. The SMILES string of the molecule is Fc1ccc(Nc2ccnc(F)c2)cc1. The van der Waals surface area contributed by atoms with Crippen LogP contribution in [-0.2, 0) is 0 Å². The van der Waals surface area contributed by atoms with Crippen molar-refractivity contribution >= 4 is 11.4 Å². The minimum Gasteiger partial charge on any atom is -0.355 e. The molecule has 1 aromatic heterocycles. The normalized spacial score (nSPS) is 10.0. The number of anilines is 2. The van der Waals surface area contributed by atoms with Gasteiger partial charge in [0.1, 0.15) is 5.82 Å². The molecular formula is C11H8F2N2. The van der Waals surface area contributed by atoms with Crippen molar-refractivity contribution in [2.75, 3.05) is 5.32 Å². The van der Waals surface area contributed by atoms with Crippen LogP contribution in [0.1, 0.15) is 0 Å². The Balaban J connectivity index is 2.18. The highest BCUT2D eigenvalue weighted by molar-refractivity contribution is 5.58. The van der Waals surface area contributed by atoms with E-state index < -0.39 is 5.95 Å². The molecule has 0 fully saturated rings. The average Bonchev–Trinajstić information content (AvgIpc) is 2.22. The Bertz CT molecular complexity index is 454. The van der Waals surface area contributed by atoms with Crippen molar-refractivity contribution < 1.29 is 8.78 Å². The topological polar surface area (TPSA) is 24.9 Å². The third kappa shape index (κ3) is 2.49. The maximum Gasteiger partial charge on any atom is 0.214 e. The minimum absolute atomic E-state index is 0.304. The highest BCUT2D eigenvalue weighted by atomic mass is 19.1. The number of rotatable bonds is 2. The summed E-state index contributed by atoms with van der Waals surface area (Å²) >= 11 is 0. The van der Waals surface area contributed by atoms with E-state index in [9.17, 15) is 8.78 Å². The van der Waals surface area contributed by atoms with E-state index in [0.29, 0.717) is 11.4 Å². The molecule has 0 spiro atoms. The third-order valence-corrected chi connectivity index (χ3v) is 1.86. The number of benzene rings is 1.